The van der Waals surface area contributed by atoms with Gasteiger partial charge in [-0.2, -0.15) is 0 Å². The highest BCUT2D eigenvalue weighted by Crippen LogP contribution is 2.09. The van der Waals surface area contributed by atoms with Crippen LogP contribution < -0.4 is 5.32 Å². The van der Waals surface area contributed by atoms with E-state index in [9.17, 15) is 0 Å². The van der Waals surface area contributed by atoms with Crippen LogP contribution in [0.25, 0.3) is 0 Å². The molecule has 1 aromatic rings. The summed E-state index contributed by atoms with van der Waals surface area (Å²) < 4.78 is 0. The van der Waals surface area contributed by atoms with E-state index in [1.165, 1.54) is 5.56 Å². The smallest absolute Gasteiger partial charge is 0.0524 e. The Balaban J connectivity index is 2.32. The van der Waals surface area contributed by atoms with Crippen molar-refractivity contribution in [2.75, 3.05) is 6.54 Å². The SMILES string of the molecule is C[C@@H](O)CCN[C@H](C)c1cccnc1. The highest BCUT2D eigenvalue weighted by atomic mass is 16.3. The Bertz CT molecular complexity index is 249. The lowest BCUT2D eigenvalue weighted by Crippen LogP contribution is -2.22. The van der Waals surface area contributed by atoms with Gasteiger partial charge in [0.2, 0.25) is 0 Å². The zero-order chi connectivity index (χ0) is 10.4. The lowest BCUT2D eigenvalue weighted by molar-refractivity contribution is 0.182. The van der Waals surface area contributed by atoms with Crippen LogP contribution in [0.3, 0.4) is 0 Å². The molecule has 0 aliphatic rings. The number of aliphatic hydroxyl groups excluding tert-OH is 1. The second kappa shape index (κ2) is 5.73. The summed E-state index contributed by atoms with van der Waals surface area (Å²) in [5, 5.41) is 12.4. The molecule has 0 fully saturated rings. The first-order chi connectivity index (χ1) is 6.70. The van der Waals surface area contributed by atoms with Crippen molar-refractivity contribution in [2.24, 2.45) is 0 Å². The minimum atomic E-state index is -0.233. The number of hydrogen-bond donors (Lipinski definition) is 2. The molecular formula is C11H18N2O. The summed E-state index contributed by atoms with van der Waals surface area (Å²) >= 11 is 0. The van der Waals surface area contributed by atoms with Crippen LogP contribution >= 0.6 is 0 Å². The Hall–Kier alpha value is -0.930. The zero-order valence-electron chi connectivity index (χ0n) is 8.77. The molecule has 78 valence electrons. The molecule has 14 heavy (non-hydrogen) atoms. The van der Waals surface area contributed by atoms with Crippen LogP contribution in [0.2, 0.25) is 0 Å². The van der Waals surface area contributed by atoms with E-state index in [-0.39, 0.29) is 6.10 Å². The fourth-order valence-corrected chi connectivity index (χ4v) is 1.26. The standard InChI is InChI=1S/C11H18N2O/c1-9(14)5-7-13-10(2)11-4-3-6-12-8-11/h3-4,6,8-10,13-14H,5,7H2,1-2H3/t9-,10-/m1/s1. The molecule has 1 rings (SSSR count). The van der Waals surface area contributed by atoms with Crippen LogP contribution in [0.5, 0.6) is 0 Å². The van der Waals surface area contributed by atoms with Crippen molar-refractivity contribution in [3.63, 3.8) is 0 Å². The molecular weight excluding hydrogens is 176 g/mol. The van der Waals surface area contributed by atoms with E-state index in [0.717, 1.165) is 13.0 Å². The van der Waals surface area contributed by atoms with Gasteiger partial charge >= 0.3 is 0 Å². The lowest BCUT2D eigenvalue weighted by Gasteiger charge is -2.14. The monoisotopic (exact) mass is 194 g/mol. The predicted octanol–water partition coefficient (Wildman–Crippen LogP) is 1.50. The van der Waals surface area contributed by atoms with Gasteiger partial charge < -0.3 is 10.4 Å². The molecule has 0 aliphatic heterocycles. The molecule has 0 amide bonds. The first-order valence-corrected chi connectivity index (χ1v) is 5.01. The predicted molar refractivity (Wildman–Crippen MR) is 57.0 cm³/mol. The molecule has 3 heteroatoms. The Labute approximate surface area is 85.2 Å². The van der Waals surface area contributed by atoms with Crippen molar-refractivity contribution < 1.29 is 5.11 Å². The summed E-state index contributed by atoms with van der Waals surface area (Å²) in [6.07, 6.45) is 4.18. The van der Waals surface area contributed by atoms with Gasteiger partial charge in [0.25, 0.3) is 0 Å². The molecule has 0 bridgehead atoms. The number of aliphatic hydroxyl groups is 1. The van der Waals surface area contributed by atoms with Gasteiger partial charge in [-0.3, -0.25) is 4.98 Å². The van der Waals surface area contributed by atoms with E-state index in [2.05, 4.69) is 17.2 Å². The maximum atomic E-state index is 9.08. The molecule has 0 aromatic carbocycles. The summed E-state index contributed by atoms with van der Waals surface area (Å²) in [7, 11) is 0. The van der Waals surface area contributed by atoms with E-state index < -0.39 is 0 Å². The van der Waals surface area contributed by atoms with Crippen LogP contribution in [0.1, 0.15) is 31.9 Å². The Morgan fingerprint density at radius 1 is 1.50 bits per heavy atom. The molecule has 2 atom stereocenters. The minimum absolute atomic E-state index is 0.233. The third kappa shape index (κ3) is 3.85. The fourth-order valence-electron chi connectivity index (χ4n) is 1.26. The van der Waals surface area contributed by atoms with E-state index in [4.69, 9.17) is 5.11 Å². The van der Waals surface area contributed by atoms with Crippen molar-refractivity contribution in [2.45, 2.75) is 32.4 Å². The lowest BCUT2D eigenvalue weighted by atomic mass is 10.1. The van der Waals surface area contributed by atoms with Crippen LogP contribution in [-0.2, 0) is 0 Å². The zero-order valence-corrected chi connectivity index (χ0v) is 8.77. The van der Waals surface area contributed by atoms with Crippen molar-refractivity contribution in [1.82, 2.24) is 10.3 Å². The van der Waals surface area contributed by atoms with Gasteiger partial charge in [0.05, 0.1) is 6.10 Å². The average Bonchev–Trinajstić information content (AvgIpc) is 2.18. The van der Waals surface area contributed by atoms with Crippen LogP contribution in [0.15, 0.2) is 24.5 Å². The first-order valence-electron chi connectivity index (χ1n) is 5.01. The second-order valence-electron chi connectivity index (χ2n) is 3.60. The molecule has 0 aliphatic carbocycles. The van der Waals surface area contributed by atoms with Gasteiger partial charge in [-0.15, -0.1) is 0 Å². The van der Waals surface area contributed by atoms with E-state index in [0.29, 0.717) is 6.04 Å². The van der Waals surface area contributed by atoms with Crippen LogP contribution in [0.4, 0.5) is 0 Å². The minimum Gasteiger partial charge on any atom is -0.393 e. The summed E-state index contributed by atoms with van der Waals surface area (Å²) in [5.41, 5.74) is 1.18. The van der Waals surface area contributed by atoms with Gasteiger partial charge in [-0.05, 0) is 38.4 Å². The Morgan fingerprint density at radius 2 is 2.29 bits per heavy atom. The molecule has 1 aromatic heterocycles. The molecule has 1 heterocycles. The van der Waals surface area contributed by atoms with Crippen molar-refractivity contribution >= 4 is 0 Å². The number of aromatic nitrogens is 1. The summed E-state index contributed by atoms with van der Waals surface area (Å²) in [5.74, 6) is 0. The van der Waals surface area contributed by atoms with Crippen molar-refractivity contribution in [1.29, 1.82) is 0 Å². The third-order valence-electron chi connectivity index (χ3n) is 2.20. The maximum absolute atomic E-state index is 9.08. The highest BCUT2D eigenvalue weighted by molar-refractivity contribution is 5.12. The molecule has 0 unspecified atom stereocenters. The van der Waals surface area contributed by atoms with Gasteiger partial charge in [0.15, 0.2) is 0 Å². The normalized spacial score (nSPS) is 15.1. The highest BCUT2D eigenvalue weighted by Gasteiger charge is 2.04. The second-order valence-corrected chi connectivity index (χ2v) is 3.60. The number of rotatable bonds is 5. The van der Waals surface area contributed by atoms with Gasteiger partial charge in [0, 0.05) is 18.4 Å². The Morgan fingerprint density at radius 3 is 2.86 bits per heavy atom. The number of pyridine rings is 1. The van der Waals surface area contributed by atoms with E-state index in [1.807, 2.05) is 18.3 Å². The summed E-state index contributed by atoms with van der Waals surface area (Å²) in [6, 6.07) is 4.28. The molecule has 3 nitrogen and oxygen atoms in total. The fraction of sp³-hybridized carbons (Fsp3) is 0.545. The number of hydrogen-bond acceptors (Lipinski definition) is 3. The maximum Gasteiger partial charge on any atom is 0.0524 e. The number of nitrogens with zero attached hydrogens (tertiary/aromatic N) is 1. The third-order valence-corrected chi connectivity index (χ3v) is 2.20. The largest absolute Gasteiger partial charge is 0.393 e. The van der Waals surface area contributed by atoms with Crippen molar-refractivity contribution in [3.05, 3.63) is 30.1 Å². The quantitative estimate of drug-likeness (QED) is 0.746. The first kappa shape index (κ1) is 11.1. The van der Waals surface area contributed by atoms with Crippen LogP contribution in [0, 0.1) is 0 Å². The van der Waals surface area contributed by atoms with Gasteiger partial charge in [-0.1, -0.05) is 6.07 Å². The Kier molecular flexibility index (Phi) is 4.56. The molecule has 0 radical (unpaired) electrons. The summed E-state index contributed by atoms with van der Waals surface area (Å²) in [4.78, 5) is 4.06. The van der Waals surface area contributed by atoms with Crippen molar-refractivity contribution in [3.8, 4) is 0 Å². The van der Waals surface area contributed by atoms with Gasteiger partial charge in [-0.25, -0.2) is 0 Å². The van der Waals surface area contributed by atoms with E-state index in [1.54, 1.807) is 13.1 Å². The number of nitrogens with one attached hydrogen (secondary N) is 1. The topological polar surface area (TPSA) is 45.1 Å². The molecule has 0 saturated carbocycles. The molecule has 2 N–H and O–H groups in total. The average molecular weight is 194 g/mol. The molecule has 0 saturated heterocycles. The van der Waals surface area contributed by atoms with Crippen LogP contribution in [-0.4, -0.2) is 22.7 Å². The summed E-state index contributed by atoms with van der Waals surface area (Å²) in [6.45, 7) is 4.73. The van der Waals surface area contributed by atoms with E-state index >= 15 is 0 Å². The van der Waals surface area contributed by atoms with Gasteiger partial charge in [0.1, 0.15) is 0 Å². The molecule has 0 spiro atoms.